The van der Waals surface area contributed by atoms with Gasteiger partial charge in [-0.1, -0.05) is 18.6 Å². The molecule has 0 spiro atoms. The van der Waals surface area contributed by atoms with Gasteiger partial charge in [0.1, 0.15) is 5.25 Å². The third-order valence-electron chi connectivity index (χ3n) is 4.17. The van der Waals surface area contributed by atoms with Crippen molar-refractivity contribution in [1.29, 1.82) is 0 Å². The molecule has 0 aromatic heterocycles. The van der Waals surface area contributed by atoms with Crippen molar-refractivity contribution >= 4 is 10.1 Å². The smallest absolute Gasteiger partial charge is 0.271 e. The van der Waals surface area contributed by atoms with Crippen LogP contribution in [0.4, 0.5) is 0 Å². The standard InChI is InChI=1S/C12H22N2O3S/c13-7-8-14-11-5-1-4-10-9(11)3-2-6-12(10)18(15,16)17/h2,6,9-12,14H,1,3-5,7-8,13H2,(H,15,16,17). The Labute approximate surface area is 109 Å². The Kier molecular flexibility index (Phi) is 4.42. The van der Waals surface area contributed by atoms with Crippen LogP contribution in [-0.4, -0.2) is 37.4 Å². The largest absolute Gasteiger partial charge is 0.329 e. The fourth-order valence-electron chi connectivity index (χ4n) is 3.40. The van der Waals surface area contributed by atoms with Crippen LogP contribution in [0.1, 0.15) is 25.7 Å². The summed E-state index contributed by atoms with van der Waals surface area (Å²) in [5.41, 5.74) is 5.50. The van der Waals surface area contributed by atoms with E-state index in [9.17, 15) is 13.0 Å². The molecule has 18 heavy (non-hydrogen) atoms. The molecule has 5 nitrogen and oxygen atoms in total. The summed E-state index contributed by atoms with van der Waals surface area (Å²) in [6.07, 6.45) is 7.37. The molecule has 6 heteroatoms. The summed E-state index contributed by atoms with van der Waals surface area (Å²) >= 11 is 0. The third kappa shape index (κ3) is 2.93. The van der Waals surface area contributed by atoms with Crippen LogP contribution in [0.2, 0.25) is 0 Å². The van der Waals surface area contributed by atoms with Gasteiger partial charge in [-0.15, -0.1) is 0 Å². The monoisotopic (exact) mass is 274 g/mol. The summed E-state index contributed by atoms with van der Waals surface area (Å²) in [6.45, 7) is 1.35. The topological polar surface area (TPSA) is 92.4 Å². The molecule has 4 atom stereocenters. The van der Waals surface area contributed by atoms with Gasteiger partial charge in [-0.25, -0.2) is 0 Å². The number of rotatable bonds is 4. The van der Waals surface area contributed by atoms with Crippen LogP contribution in [0.5, 0.6) is 0 Å². The van der Waals surface area contributed by atoms with Gasteiger partial charge in [-0.2, -0.15) is 8.42 Å². The maximum atomic E-state index is 11.4. The molecule has 1 fully saturated rings. The fourth-order valence-corrected chi connectivity index (χ4v) is 4.49. The van der Waals surface area contributed by atoms with Crippen LogP contribution in [0.25, 0.3) is 0 Å². The van der Waals surface area contributed by atoms with E-state index in [0.717, 1.165) is 32.2 Å². The predicted molar refractivity (Wildman–Crippen MR) is 70.8 cm³/mol. The van der Waals surface area contributed by atoms with Crippen molar-refractivity contribution in [1.82, 2.24) is 5.32 Å². The van der Waals surface area contributed by atoms with Crippen LogP contribution >= 0.6 is 0 Å². The summed E-state index contributed by atoms with van der Waals surface area (Å²) in [6, 6.07) is 0.321. The molecule has 4 unspecified atom stereocenters. The highest BCUT2D eigenvalue weighted by Gasteiger charge is 2.42. The van der Waals surface area contributed by atoms with Gasteiger partial charge < -0.3 is 11.1 Å². The zero-order chi connectivity index (χ0) is 13.2. The molecule has 2 aliphatic carbocycles. The van der Waals surface area contributed by atoms with Gasteiger partial charge in [-0.05, 0) is 31.1 Å². The van der Waals surface area contributed by atoms with Gasteiger partial charge in [-0.3, -0.25) is 4.55 Å². The average molecular weight is 274 g/mol. The molecule has 0 aliphatic heterocycles. The molecule has 0 aromatic carbocycles. The van der Waals surface area contributed by atoms with Crippen LogP contribution < -0.4 is 11.1 Å². The number of hydrogen-bond acceptors (Lipinski definition) is 4. The van der Waals surface area contributed by atoms with Crippen molar-refractivity contribution in [2.75, 3.05) is 13.1 Å². The van der Waals surface area contributed by atoms with E-state index < -0.39 is 15.4 Å². The Balaban J connectivity index is 2.14. The molecule has 0 radical (unpaired) electrons. The maximum Gasteiger partial charge on any atom is 0.271 e. The number of fused-ring (bicyclic) bond motifs is 1. The predicted octanol–water partition coefficient (Wildman–Crippen LogP) is 0.536. The summed E-state index contributed by atoms with van der Waals surface area (Å²) in [5, 5.41) is 2.68. The first-order valence-corrected chi connectivity index (χ1v) is 8.10. The van der Waals surface area contributed by atoms with Crippen molar-refractivity contribution in [3.05, 3.63) is 12.2 Å². The number of hydrogen-bond donors (Lipinski definition) is 3. The van der Waals surface area contributed by atoms with Gasteiger partial charge in [0, 0.05) is 19.1 Å². The first-order valence-electron chi connectivity index (χ1n) is 6.60. The number of nitrogens with one attached hydrogen (secondary N) is 1. The second-order valence-electron chi connectivity index (χ2n) is 5.25. The van der Waals surface area contributed by atoms with Crippen molar-refractivity contribution in [3.63, 3.8) is 0 Å². The highest BCUT2D eigenvalue weighted by Crippen LogP contribution is 2.40. The molecule has 1 saturated carbocycles. The molecule has 0 amide bonds. The van der Waals surface area contributed by atoms with Crippen LogP contribution in [0.3, 0.4) is 0 Å². The number of nitrogens with two attached hydrogens (primary N) is 1. The van der Waals surface area contributed by atoms with Gasteiger partial charge in [0.25, 0.3) is 10.1 Å². The number of allylic oxidation sites excluding steroid dienone is 1. The maximum absolute atomic E-state index is 11.4. The van der Waals surface area contributed by atoms with Crippen LogP contribution in [0.15, 0.2) is 12.2 Å². The first kappa shape index (κ1) is 14.0. The molecular formula is C12H22N2O3S. The zero-order valence-electron chi connectivity index (χ0n) is 10.5. The van der Waals surface area contributed by atoms with Crippen molar-refractivity contribution in [2.45, 2.75) is 37.0 Å². The fraction of sp³-hybridized carbons (Fsp3) is 0.833. The van der Waals surface area contributed by atoms with E-state index in [0.29, 0.717) is 18.5 Å². The summed E-state index contributed by atoms with van der Waals surface area (Å²) in [4.78, 5) is 0. The van der Waals surface area contributed by atoms with E-state index in [4.69, 9.17) is 5.73 Å². The molecule has 104 valence electrons. The molecule has 0 aromatic rings. The summed E-state index contributed by atoms with van der Waals surface area (Å²) in [5.74, 6) is 0.330. The molecule has 0 saturated heterocycles. The van der Waals surface area contributed by atoms with Gasteiger partial charge >= 0.3 is 0 Å². The highest BCUT2D eigenvalue weighted by molar-refractivity contribution is 7.86. The second kappa shape index (κ2) is 5.69. The van der Waals surface area contributed by atoms with Gasteiger partial charge in [0.2, 0.25) is 0 Å². The van der Waals surface area contributed by atoms with E-state index in [1.807, 2.05) is 6.08 Å². The van der Waals surface area contributed by atoms with E-state index >= 15 is 0 Å². The van der Waals surface area contributed by atoms with Crippen molar-refractivity contribution < 1.29 is 13.0 Å². The van der Waals surface area contributed by atoms with E-state index in [-0.39, 0.29) is 5.92 Å². The molecule has 0 bridgehead atoms. The highest BCUT2D eigenvalue weighted by atomic mass is 32.2. The molecule has 2 rings (SSSR count). The Hall–Kier alpha value is -0.430. The minimum Gasteiger partial charge on any atom is -0.329 e. The zero-order valence-corrected chi connectivity index (χ0v) is 11.3. The van der Waals surface area contributed by atoms with E-state index in [1.54, 1.807) is 6.08 Å². The average Bonchev–Trinajstić information content (AvgIpc) is 2.34. The van der Waals surface area contributed by atoms with Crippen molar-refractivity contribution in [2.24, 2.45) is 17.6 Å². The van der Waals surface area contributed by atoms with E-state index in [2.05, 4.69) is 5.32 Å². The normalized spacial score (nSPS) is 36.3. The Morgan fingerprint density at radius 3 is 2.78 bits per heavy atom. The van der Waals surface area contributed by atoms with E-state index in [1.165, 1.54) is 0 Å². The minimum atomic E-state index is -3.98. The minimum absolute atomic E-state index is 0.0361. The van der Waals surface area contributed by atoms with Crippen molar-refractivity contribution in [3.8, 4) is 0 Å². The first-order chi connectivity index (χ1) is 8.54. The lowest BCUT2D eigenvalue weighted by Gasteiger charge is -2.42. The molecule has 0 heterocycles. The Morgan fingerprint density at radius 2 is 2.11 bits per heavy atom. The van der Waals surface area contributed by atoms with Gasteiger partial charge in [0.15, 0.2) is 0 Å². The SMILES string of the molecule is NCCNC1CCCC2C1CC=CC2S(=O)(=O)O. The molecule has 2 aliphatic rings. The second-order valence-corrected chi connectivity index (χ2v) is 6.83. The lowest BCUT2D eigenvalue weighted by Crippen LogP contribution is -2.49. The third-order valence-corrected chi connectivity index (χ3v) is 5.36. The summed E-state index contributed by atoms with van der Waals surface area (Å²) in [7, 11) is -3.98. The summed E-state index contributed by atoms with van der Waals surface area (Å²) < 4.78 is 32.2. The van der Waals surface area contributed by atoms with Gasteiger partial charge in [0.05, 0.1) is 0 Å². The Morgan fingerprint density at radius 1 is 1.33 bits per heavy atom. The van der Waals surface area contributed by atoms with Crippen LogP contribution in [0, 0.1) is 11.8 Å². The quantitative estimate of drug-likeness (QED) is 0.514. The Bertz CT molecular complexity index is 408. The lowest BCUT2D eigenvalue weighted by molar-refractivity contribution is 0.172. The van der Waals surface area contributed by atoms with Crippen LogP contribution in [-0.2, 0) is 10.1 Å². The molecule has 4 N–H and O–H groups in total. The lowest BCUT2D eigenvalue weighted by atomic mass is 9.70. The molecular weight excluding hydrogens is 252 g/mol.